The summed E-state index contributed by atoms with van der Waals surface area (Å²) in [5.74, 6) is -1.94. The molecule has 0 radical (unpaired) electrons. The number of alkyl halides is 3. The van der Waals surface area contributed by atoms with Gasteiger partial charge in [-0.25, -0.2) is 14.8 Å². The molecule has 0 spiro atoms. The maximum absolute atomic E-state index is 12.8. The predicted octanol–water partition coefficient (Wildman–Crippen LogP) is 4.26. The minimum Gasteiger partial charge on any atom is -0.485 e. The van der Waals surface area contributed by atoms with Gasteiger partial charge in [-0.1, -0.05) is 30.3 Å². The predicted molar refractivity (Wildman–Crippen MR) is 121 cm³/mol. The Labute approximate surface area is 198 Å². The summed E-state index contributed by atoms with van der Waals surface area (Å²) >= 11 is 1.32. The first-order valence-corrected chi connectivity index (χ1v) is 11.4. The number of carbonyl (C=O) groups is 1. The van der Waals surface area contributed by atoms with Crippen LogP contribution in [0.4, 0.5) is 19.0 Å². The third kappa shape index (κ3) is 5.65. The van der Waals surface area contributed by atoms with E-state index in [1.54, 1.807) is 25.5 Å². The molecule has 2 atom stereocenters. The summed E-state index contributed by atoms with van der Waals surface area (Å²) in [6, 6.07) is 11.4. The molecule has 3 heterocycles. The van der Waals surface area contributed by atoms with E-state index in [-0.39, 0.29) is 12.4 Å². The minimum atomic E-state index is -5.04. The van der Waals surface area contributed by atoms with Crippen molar-refractivity contribution in [2.45, 2.75) is 31.2 Å². The van der Waals surface area contributed by atoms with Crippen molar-refractivity contribution < 1.29 is 27.4 Å². The van der Waals surface area contributed by atoms with E-state index in [1.165, 1.54) is 11.3 Å². The highest BCUT2D eigenvalue weighted by Gasteiger charge is 2.44. The second-order valence-corrected chi connectivity index (χ2v) is 9.11. The molecule has 3 aromatic rings. The average molecular weight is 493 g/mol. The number of esters is 1. The standard InChI is InChI=1S/C23H23F3N4O3S/c1-30-8-7-16(18(12-30)33-22(31)23(24,25)26)21-29-11-19(34-21)15-9-17(20(27)28-10-15)32-13-14-5-3-2-4-6-14/h2-6,9-11,16,18H,7-8,12-13H2,1H3,(H2,27,28). The summed E-state index contributed by atoms with van der Waals surface area (Å²) in [5.41, 5.74) is 7.67. The van der Waals surface area contributed by atoms with E-state index < -0.39 is 24.2 Å². The number of anilines is 1. The highest BCUT2D eigenvalue weighted by Crippen LogP contribution is 2.38. The van der Waals surface area contributed by atoms with Gasteiger partial charge in [-0.2, -0.15) is 13.2 Å². The Morgan fingerprint density at radius 3 is 2.74 bits per heavy atom. The number of hydrogen-bond acceptors (Lipinski definition) is 8. The lowest BCUT2D eigenvalue weighted by Gasteiger charge is -2.35. The first kappa shape index (κ1) is 24.0. The zero-order valence-corrected chi connectivity index (χ0v) is 19.1. The van der Waals surface area contributed by atoms with Gasteiger partial charge in [-0.15, -0.1) is 11.3 Å². The molecule has 0 saturated carbocycles. The van der Waals surface area contributed by atoms with Crippen LogP contribution in [0.15, 0.2) is 48.8 Å². The summed E-state index contributed by atoms with van der Waals surface area (Å²) < 4.78 is 49.0. The van der Waals surface area contributed by atoms with Crippen LogP contribution in [-0.4, -0.2) is 53.3 Å². The molecule has 0 aliphatic carbocycles. The highest BCUT2D eigenvalue weighted by molar-refractivity contribution is 7.15. The van der Waals surface area contributed by atoms with Crippen LogP contribution in [0, 0.1) is 0 Å². The van der Waals surface area contributed by atoms with Crippen LogP contribution in [-0.2, 0) is 16.1 Å². The molecule has 4 rings (SSSR count). The molecule has 2 aromatic heterocycles. The molecule has 0 bridgehead atoms. The summed E-state index contributed by atoms with van der Waals surface area (Å²) in [7, 11) is 1.77. The monoisotopic (exact) mass is 492 g/mol. The van der Waals surface area contributed by atoms with Crippen LogP contribution in [0.1, 0.15) is 22.9 Å². The summed E-state index contributed by atoms with van der Waals surface area (Å²) in [5, 5.41) is 0.603. The molecule has 0 amide bonds. The van der Waals surface area contributed by atoms with Crippen molar-refractivity contribution in [2.75, 3.05) is 25.9 Å². The number of nitrogen functional groups attached to an aromatic ring is 1. The molecule has 7 nitrogen and oxygen atoms in total. The Hall–Kier alpha value is -3.18. The van der Waals surface area contributed by atoms with Crippen LogP contribution in [0.2, 0.25) is 0 Å². The summed E-state index contributed by atoms with van der Waals surface area (Å²) in [4.78, 5) is 22.7. The van der Waals surface area contributed by atoms with Gasteiger partial charge in [0.25, 0.3) is 0 Å². The number of piperidine rings is 1. The Balaban J connectivity index is 1.52. The van der Waals surface area contributed by atoms with Gasteiger partial charge in [0, 0.05) is 24.5 Å². The van der Waals surface area contributed by atoms with Crippen molar-refractivity contribution in [3.63, 3.8) is 0 Å². The van der Waals surface area contributed by atoms with Crippen molar-refractivity contribution in [3.8, 4) is 16.2 Å². The van der Waals surface area contributed by atoms with Gasteiger partial charge in [0.2, 0.25) is 0 Å². The Morgan fingerprint density at radius 1 is 1.24 bits per heavy atom. The van der Waals surface area contributed by atoms with Crippen LogP contribution in [0.3, 0.4) is 0 Å². The zero-order chi connectivity index (χ0) is 24.3. The third-order valence-electron chi connectivity index (χ3n) is 5.50. The zero-order valence-electron chi connectivity index (χ0n) is 18.3. The fourth-order valence-corrected chi connectivity index (χ4v) is 4.80. The number of benzene rings is 1. The van der Waals surface area contributed by atoms with E-state index in [4.69, 9.17) is 15.2 Å². The highest BCUT2D eigenvalue weighted by atomic mass is 32.1. The first-order valence-electron chi connectivity index (χ1n) is 10.6. The topological polar surface area (TPSA) is 90.6 Å². The second kappa shape index (κ2) is 9.98. The van der Waals surface area contributed by atoms with E-state index in [0.29, 0.717) is 30.3 Å². The number of likely N-dealkylation sites (N-methyl/N-ethyl adjacent to an activating group) is 1. The van der Waals surface area contributed by atoms with E-state index in [9.17, 15) is 18.0 Å². The van der Waals surface area contributed by atoms with Crippen molar-refractivity contribution >= 4 is 23.1 Å². The number of likely N-dealkylation sites (tertiary alicyclic amines) is 1. The number of nitrogens with two attached hydrogens (primary N) is 1. The number of thiazole rings is 1. The molecule has 1 fully saturated rings. The number of aromatic nitrogens is 2. The van der Waals surface area contributed by atoms with E-state index in [2.05, 4.69) is 9.97 Å². The molecule has 2 unspecified atom stereocenters. The normalized spacial score (nSPS) is 19.1. The average Bonchev–Trinajstić information content (AvgIpc) is 3.29. The van der Waals surface area contributed by atoms with Gasteiger partial charge in [-0.3, -0.25) is 0 Å². The third-order valence-corrected chi connectivity index (χ3v) is 6.67. The van der Waals surface area contributed by atoms with Crippen molar-refractivity contribution in [2.24, 2.45) is 0 Å². The van der Waals surface area contributed by atoms with Crippen LogP contribution < -0.4 is 10.5 Å². The number of ether oxygens (including phenoxy) is 2. The Morgan fingerprint density at radius 2 is 2.00 bits per heavy atom. The van der Waals surface area contributed by atoms with Crippen molar-refractivity contribution in [1.29, 1.82) is 0 Å². The molecular weight excluding hydrogens is 469 g/mol. The van der Waals surface area contributed by atoms with Crippen LogP contribution >= 0.6 is 11.3 Å². The number of nitrogens with zero attached hydrogens (tertiary/aromatic N) is 3. The smallest absolute Gasteiger partial charge is 0.485 e. The fourth-order valence-electron chi connectivity index (χ4n) is 3.71. The van der Waals surface area contributed by atoms with Crippen molar-refractivity contribution in [3.05, 3.63) is 59.4 Å². The van der Waals surface area contributed by atoms with Gasteiger partial charge in [0.05, 0.1) is 15.8 Å². The molecule has 11 heteroatoms. The molecular formula is C23H23F3N4O3S. The fraction of sp³-hybridized carbons (Fsp3) is 0.348. The molecule has 180 valence electrons. The lowest BCUT2D eigenvalue weighted by Crippen LogP contribution is -2.45. The van der Waals surface area contributed by atoms with Crippen LogP contribution in [0.25, 0.3) is 10.4 Å². The quantitative estimate of drug-likeness (QED) is 0.514. The Bertz CT molecular complexity index is 1140. The van der Waals surface area contributed by atoms with E-state index >= 15 is 0 Å². The number of rotatable bonds is 6. The molecule has 1 aliphatic rings. The van der Waals surface area contributed by atoms with E-state index in [1.807, 2.05) is 35.2 Å². The molecule has 1 aliphatic heterocycles. The number of hydrogen-bond donors (Lipinski definition) is 1. The van der Waals surface area contributed by atoms with Gasteiger partial charge in [0.1, 0.15) is 12.7 Å². The van der Waals surface area contributed by atoms with Crippen LogP contribution in [0.5, 0.6) is 5.75 Å². The summed E-state index contributed by atoms with van der Waals surface area (Å²) in [6.07, 6.45) is -2.24. The molecule has 2 N–H and O–H groups in total. The lowest BCUT2D eigenvalue weighted by molar-refractivity contribution is -0.207. The maximum Gasteiger partial charge on any atom is 0.490 e. The van der Waals surface area contributed by atoms with E-state index in [0.717, 1.165) is 16.0 Å². The van der Waals surface area contributed by atoms with Gasteiger partial charge < -0.3 is 20.1 Å². The molecule has 34 heavy (non-hydrogen) atoms. The first-order chi connectivity index (χ1) is 16.2. The largest absolute Gasteiger partial charge is 0.490 e. The number of pyridine rings is 1. The SMILES string of the molecule is CN1CCC(c2ncc(-c3cnc(N)c(OCc4ccccc4)c3)s2)C(OC(=O)C(F)(F)F)C1. The van der Waals surface area contributed by atoms with Gasteiger partial charge >= 0.3 is 12.1 Å². The lowest BCUT2D eigenvalue weighted by atomic mass is 9.94. The number of carbonyl (C=O) groups excluding carboxylic acids is 1. The van der Waals surface area contributed by atoms with Gasteiger partial charge in [0.15, 0.2) is 11.6 Å². The summed E-state index contributed by atoms with van der Waals surface area (Å²) in [6.45, 7) is 1.18. The van der Waals surface area contributed by atoms with Crippen molar-refractivity contribution in [1.82, 2.24) is 14.9 Å². The molecule has 1 saturated heterocycles. The number of halogens is 3. The maximum atomic E-state index is 12.8. The molecule has 1 aromatic carbocycles. The second-order valence-electron chi connectivity index (χ2n) is 8.04. The minimum absolute atomic E-state index is 0.197. The Kier molecular flexibility index (Phi) is 7.03. The van der Waals surface area contributed by atoms with Gasteiger partial charge in [-0.05, 0) is 31.6 Å².